The quantitative estimate of drug-likeness (QED) is 0.760. The molecule has 0 spiro atoms. The number of hydrogen-bond donors (Lipinski definition) is 1. The molecule has 2 aliphatic rings. The van der Waals surface area contributed by atoms with Gasteiger partial charge < -0.3 is 5.11 Å². The van der Waals surface area contributed by atoms with E-state index in [1.54, 1.807) is 6.20 Å². The Kier molecular flexibility index (Phi) is 1.90. The molecule has 1 aromatic heterocycles. The Morgan fingerprint density at radius 3 is 2.93 bits per heavy atom. The second kappa shape index (κ2) is 3.05. The fourth-order valence-electron chi connectivity index (χ4n) is 3.55. The molecule has 1 heterocycles. The number of rotatable bonds is 1. The fraction of sp³-hybridized carbons (Fsp3) is 0.615. The minimum absolute atomic E-state index is 0.477. The third kappa shape index (κ3) is 1.24. The molecule has 1 N–H and O–H groups in total. The molecule has 2 nitrogen and oxygen atoms in total. The maximum Gasteiger partial charge on any atom is 0.0944 e. The van der Waals surface area contributed by atoms with Gasteiger partial charge in [-0.05, 0) is 56.1 Å². The Hall–Kier alpha value is -0.890. The highest BCUT2D eigenvalue weighted by Crippen LogP contribution is 2.55. The first kappa shape index (κ1) is 9.34. The van der Waals surface area contributed by atoms with Gasteiger partial charge in [0.2, 0.25) is 0 Å². The van der Waals surface area contributed by atoms with Crippen LogP contribution in [0.5, 0.6) is 0 Å². The number of aliphatic hydroxyl groups is 1. The van der Waals surface area contributed by atoms with Gasteiger partial charge in [0.05, 0.1) is 5.60 Å². The predicted molar refractivity (Wildman–Crippen MR) is 58.3 cm³/mol. The lowest BCUT2D eigenvalue weighted by molar-refractivity contribution is -0.0190. The molecule has 3 unspecified atom stereocenters. The predicted octanol–water partition coefficient (Wildman–Crippen LogP) is 2.40. The zero-order chi connectivity index (χ0) is 10.5. The van der Waals surface area contributed by atoms with Crippen molar-refractivity contribution in [1.29, 1.82) is 0 Å². The molecule has 80 valence electrons. The Labute approximate surface area is 90.4 Å². The molecule has 3 atom stereocenters. The summed E-state index contributed by atoms with van der Waals surface area (Å²) in [5.41, 5.74) is 1.68. The van der Waals surface area contributed by atoms with Crippen molar-refractivity contribution in [2.45, 2.75) is 38.2 Å². The monoisotopic (exact) mass is 203 g/mol. The number of pyridine rings is 1. The lowest BCUT2D eigenvalue weighted by Gasteiger charge is -2.33. The van der Waals surface area contributed by atoms with Gasteiger partial charge in [0, 0.05) is 18.0 Å². The normalized spacial score (nSPS) is 38.5. The van der Waals surface area contributed by atoms with E-state index < -0.39 is 5.60 Å². The third-order valence-electron chi connectivity index (χ3n) is 4.32. The molecule has 0 radical (unpaired) electrons. The minimum Gasteiger partial charge on any atom is -0.385 e. The number of aryl methyl sites for hydroxylation is 1. The Bertz CT molecular complexity index is 390. The second-order valence-corrected chi connectivity index (χ2v) is 5.19. The van der Waals surface area contributed by atoms with E-state index in [0.29, 0.717) is 5.92 Å². The summed E-state index contributed by atoms with van der Waals surface area (Å²) < 4.78 is 0. The average Bonchev–Trinajstić information content (AvgIpc) is 2.78. The Morgan fingerprint density at radius 1 is 1.47 bits per heavy atom. The summed E-state index contributed by atoms with van der Waals surface area (Å²) in [5, 5.41) is 10.8. The van der Waals surface area contributed by atoms with Gasteiger partial charge in [-0.15, -0.1) is 0 Å². The van der Waals surface area contributed by atoms with E-state index in [1.807, 2.05) is 12.3 Å². The van der Waals surface area contributed by atoms with E-state index in [2.05, 4.69) is 11.9 Å². The van der Waals surface area contributed by atoms with Gasteiger partial charge in [-0.25, -0.2) is 0 Å². The molecule has 2 fully saturated rings. The summed E-state index contributed by atoms with van der Waals surface area (Å²) >= 11 is 0. The first-order valence-corrected chi connectivity index (χ1v) is 5.83. The maximum atomic E-state index is 10.8. The molecule has 0 aliphatic heterocycles. The number of aromatic nitrogens is 1. The lowest BCUT2D eigenvalue weighted by Crippen LogP contribution is -2.33. The molecule has 0 saturated heterocycles. The highest BCUT2D eigenvalue weighted by Gasteiger charge is 2.51. The van der Waals surface area contributed by atoms with Crippen LogP contribution in [0.25, 0.3) is 0 Å². The van der Waals surface area contributed by atoms with Gasteiger partial charge in [-0.2, -0.15) is 0 Å². The van der Waals surface area contributed by atoms with E-state index >= 15 is 0 Å². The smallest absolute Gasteiger partial charge is 0.0944 e. The molecule has 2 aliphatic carbocycles. The van der Waals surface area contributed by atoms with Crippen LogP contribution in [0.1, 0.15) is 36.8 Å². The van der Waals surface area contributed by atoms with E-state index in [0.717, 1.165) is 17.9 Å². The van der Waals surface area contributed by atoms with Crippen LogP contribution in [0.15, 0.2) is 18.5 Å². The van der Waals surface area contributed by atoms with Crippen molar-refractivity contribution in [2.24, 2.45) is 11.8 Å². The van der Waals surface area contributed by atoms with Crippen LogP contribution in [0.3, 0.4) is 0 Å². The highest BCUT2D eigenvalue weighted by molar-refractivity contribution is 5.31. The average molecular weight is 203 g/mol. The summed E-state index contributed by atoms with van der Waals surface area (Å²) in [6, 6.07) is 2.00. The largest absolute Gasteiger partial charge is 0.385 e. The summed E-state index contributed by atoms with van der Waals surface area (Å²) in [4.78, 5) is 4.16. The molecular weight excluding hydrogens is 186 g/mol. The van der Waals surface area contributed by atoms with Crippen LogP contribution in [0.2, 0.25) is 0 Å². The first-order chi connectivity index (χ1) is 7.20. The number of nitrogens with zero attached hydrogens (tertiary/aromatic N) is 1. The van der Waals surface area contributed by atoms with Crippen LogP contribution in [-0.2, 0) is 5.60 Å². The van der Waals surface area contributed by atoms with Crippen molar-refractivity contribution in [2.75, 3.05) is 0 Å². The zero-order valence-electron chi connectivity index (χ0n) is 9.11. The minimum atomic E-state index is -0.568. The van der Waals surface area contributed by atoms with Crippen molar-refractivity contribution < 1.29 is 5.11 Å². The maximum absolute atomic E-state index is 10.8. The fourth-order valence-corrected chi connectivity index (χ4v) is 3.55. The van der Waals surface area contributed by atoms with Gasteiger partial charge in [-0.3, -0.25) is 4.98 Å². The second-order valence-electron chi connectivity index (χ2n) is 5.19. The van der Waals surface area contributed by atoms with Crippen molar-refractivity contribution in [3.8, 4) is 0 Å². The van der Waals surface area contributed by atoms with Gasteiger partial charge in [0.25, 0.3) is 0 Å². The summed E-state index contributed by atoms with van der Waals surface area (Å²) in [6.07, 6.45) is 8.32. The molecule has 3 rings (SSSR count). The van der Waals surface area contributed by atoms with Gasteiger partial charge in [0.1, 0.15) is 0 Å². The van der Waals surface area contributed by atoms with Crippen molar-refractivity contribution in [3.63, 3.8) is 0 Å². The van der Waals surface area contributed by atoms with Crippen LogP contribution < -0.4 is 0 Å². The van der Waals surface area contributed by atoms with Crippen LogP contribution in [0, 0.1) is 18.8 Å². The van der Waals surface area contributed by atoms with E-state index in [1.165, 1.54) is 24.8 Å². The summed E-state index contributed by atoms with van der Waals surface area (Å²) in [5.74, 6) is 1.23. The van der Waals surface area contributed by atoms with Crippen LogP contribution in [-0.4, -0.2) is 10.1 Å². The molecule has 2 heteroatoms. The molecule has 1 aromatic rings. The third-order valence-corrected chi connectivity index (χ3v) is 4.32. The van der Waals surface area contributed by atoms with Crippen molar-refractivity contribution >= 4 is 0 Å². The van der Waals surface area contributed by atoms with Crippen molar-refractivity contribution in [1.82, 2.24) is 4.98 Å². The van der Waals surface area contributed by atoms with E-state index in [9.17, 15) is 5.11 Å². The molecule has 2 saturated carbocycles. The van der Waals surface area contributed by atoms with E-state index in [4.69, 9.17) is 0 Å². The standard InChI is InChI=1S/C13H17NO/c1-9-4-5-14-8-12(9)13(15)7-10-2-3-11(13)6-10/h4-5,8,10-11,15H,2-3,6-7H2,1H3. The zero-order valence-corrected chi connectivity index (χ0v) is 9.11. The molecule has 15 heavy (non-hydrogen) atoms. The molecular formula is C13H17NO. The topological polar surface area (TPSA) is 33.1 Å². The molecule has 2 bridgehead atoms. The highest BCUT2D eigenvalue weighted by atomic mass is 16.3. The first-order valence-electron chi connectivity index (χ1n) is 5.83. The van der Waals surface area contributed by atoms with Gasteiger partial charge in [-0.1, -0.05) is 0 Å². The molecule has 0 aromatic carbocycles. The Balaban J connectivity index is 2.04. The van der Waals surface area contributed by atoms with Gasteiger partial charge in [0.15, 0.2) is 0 Å². The van der Waals surface area contributed by atoms with Crippen LogP contribution in [0.4, 0.5) is 0 Å². The SMILES string of the molecule is Cc1ccncc1C1(O)CC2CCC1C2. The summed E-state index contributed by atoms with van der Waals surface area (Å²) in [7, 11) is 0. The summed E-state index contributed by atoms with van der Waals surface area (Å²) in [6.45, 7) is 2.07. The Morgan fingerprint density at radius 2 is 2.33 bits per heavy atom. The van der Waals surface area contributed by atoms with E-state index in [-0.39, 0.29) is 0 Å². The number of fused-ring (bicyclic) bond motifs is 2. The van der Waals surface area contributed by atoms with Gasteiger partial charge >= 0.3 is 0 Å². The lowest BCUT2D eigenvalue weighted by atomic mass is 9.78. The molecule has 0 amide bonds. The van der Waals surface area contributed by atoms with Crippen LogP contribution >= 0.6 is 0 Å². The van der Waals surface area contributed by atoms with Crippen molar-refractivity contribution in [3.05, 3.63) is 29.6 Å². The number of hydrogen-bond acceptors (Lipinski definition) is 2.